The van der Waals surface area contributed by atoms with Crippen molar-refractivity contribution in [3.8, 4) is 0 Å². The molecule has 0 bridgehead atoms. The van der Waals surface area contributed by atoms with E-state index in [9.17, 15) is 9.59 Å². The monoisotopic (exact) mass is 367 g/mol. The number of rotatable bonds is 4. The fourth-order valence-electron chi connectivity index (χ4n) is 2.41. The lowest BCUT2D eigenvalue weighted by Crippen LogP contribution is -2.43. The van der Waals surface area contributed by atoms with Crippen LogP contribution in [0.2, 0.25) is 0 Å². The van der Waals surface area contributed by atoms with Crippen LogP contribution in [0.1, 0.15) is 25.3 Å². The van der Waals surface area contributed by atoms with Crippen molar-refractivity contribution in [1.29, 1.82) is 0 Å². The lowest BCUT2D eigenvalue weighted by atomic mass is 10.00. The summed E-state index contributed by atoms with van der Waals surface area (Å²) in [5, 5.41) is 0. The van der Waals surface area contributed by atoms with Crippen LogP contribution in [0.4, 0.5) is 10.5 Å². The first kappa shape index (κ1) is 16.5. The molecule has 6 heteroatoms. The number of nitrogens with zero attached hydrogens (tertiary/aromatic N) is 1. The first-order valence-electron chi connectivity index (χ1n) is 7.07. The Labute approximate surface area is 138 Å². The van der Waals surface area contributed by atoms with Gasteiger partial charge < -0.3 is 9.47 Å². The van der Waals surface area contributed by atoms with E-state index in [1.54, 1.807) is 11.8 Å². The third kappa shape index (κ3) is 3.50. The second-order valence-corrected chi connectivity index (χ2v) is 5.70. The summed E-state index contributed by atoms with van der Waals surface area (Å²) >= 11 is 3.52. The van der Waals surface area contributed by atoms with E-state index in [4.69, 9.17) is 4.74 Å². The van der Waals surface area contributed by atoms with Gasteiger partial charge in [0.15, 0.2) is 0 Å². The number of carbonyl (C=O) groups is 2. The Kier molecular flexibility index (Phi) is 5.60. The van der Waals surface area contributed by atoms with Gasteiger partial charge in [0.25, 0.3) is 0 Å². The number of fused-ring (bicyclic) bond motifs is 1. The molecule has 0 saturated heterocycles. The fourth-order valence-corrected chi connectivity index (χ4v) is 3.09. The average molecular weight is 368 g/mol. The number of benzene rings is 1. The van der Waals surface area contributed by atoms with Crippen molar-refractivity contribution in [2.45, 2.75) is 25.8 Å². The van der Waals surface area contributed by atoms with Crippen LogP contribution in [0.25, 0.3) is 6.08 Å². The lowest BCUT2D eigenvalue weighted by Gasteiger charge is -2.35. The Morgan fingerprint density at radius 1 is 1.32 bits per heavy atom. The molecule has 22 heavy (non-hydrogen) atoms. The van der Waals surface area contributed by atoms with Crippen LogP contribution in [0, 0.1) is 0 Å². The van der Waals surface area contributed by atoms with E-state index in [-0.39, 0.29) is 18.4 Å². The molecule has 0 spiro atoms. The van der Waals surface area contributed by atoms with Crippen molar-refractivity contribution in [2.24, 2.45) is 0 Å². The first-order valence-corrected chi connectivity index (χ1v) is 7.86. The van der Waals surface area contributed by atoms with Crippen LogP contribution in [0.5, 0.6) is 0 Å². The van der Waals surface area contributed by atoms with Crippen molar-refractivity contribution in [3.05, 3.63) is 34.3 Å². The summed E-state index contributed by atoms with van der Waals surface area (Å²) < 4.78 is 10.7. The molecule has 5 nitrogen and oxygen atoms in total. The maximum absolute atomic E-state index is 12.4. The highest BCUT2D eigenvalue weighted by Gasteiger charge is 2.33. The van der Waals surface area contributed by atoms with Crippen molar-refractivity contribution >= 4 is 39.8 Å². The molecule has 1 unspecified atom stereocenters. The summed E-state index contributed by atoms with van der Waals surface area (Å²) in [5.74, 6) is -0.303. The average Bonchev–Trinajstić information content (AvgIpc) is 2.52. The number of para-hydroxylation sites is 1. The summed E-state index contributed by atoms with van der Waals surface area (Å²) in [7, 11) is 1.35. The van der Waals surface area contributed by atoms with Crippen LogP contribution in [0.3, 0.4) is 0 Å². The highest BCUT2D eigenvalue weighted by molar-refractivity contribution is 9.11. The third-order valence-corrected chi connectivity index (χ3v) is 4.19. The minimum Gasteiger partial charge on any atom is -0.469 e. The topological polar surface area (TPSA) is 55.8 Å². The van der Waals surface area contributed by atoms with Gasteiger partial charge in [0, 0.05) is 10.9 Å². The Balaban J connectivity index is 2.33. The van der Waals surface area contributed by atoms with Crippen molar-refractivity contribution in [3.63, 3.8) is 0 Å². The van der Waals surface area contributed by atoms with E-state index in [0.29, 0.717) is 13.0 Å². The van der Waals surface area contributed by atoms with Gasteiger partial charge in [-0.15, -0.1) is 0 Å². The normalized spacial score (nSPS) is 16.6. The first-order chi connectivity index (χ1) is 10.6. The van der Waals surface area contributed by atoms with E-state index in [1.165, 1.54) is 7.11 Å². The van der Waals surface area contributed by atoms with Gasteiger partial charge in [0.1, 0.15) is 0 Å². The minimum atomic E-state index is -0.421. The number of hydrogen-bond donors (Lipinski definition) is 0. The minimum absolute atomic E-state index is 0.224. The zero-order chi connectivity index (χ0) is 16.1. The molecule has 0 N–H and O–H groups in total. The molecule has 1 aliphatic rings. The third-order valence-electron chi connectivity index (χ3n) is 3.43. The zero-order valence-electron chi connectivity index (χ0n) is 12.5. The summed E-state index contributed by atoms with van der Waals surface area (Å²) in [6.07, 6.45) is 2.22. The molecule has 1 aromatic carbocycles. The molecule has 0 fully saturated rings. The molecular weight excluding hydrogens is 350 g/mol. The number of halogens is 1. The molecular formula is C16H18BrNO4. The largest absolute Gasteiger partial charge is 0.469 e. The molecule has 0 aliphatic carbocycles. The van der Waals surface area contributed by atoms with Gasteiger partial charge in [0.2, 0.25) is 0 Å². The lowest BCUT2D eigenvalue weighted by molar-refractivity contribution is -0.140. The van der Waals surface area contributed by atoms with Gasteiger partial charge in [0.05, 0.1) is 25.4 Å². The molecule has 1 atom stereocenters. The number of ether oxygens (including phenoxy) is 2. The molecule has 0 saturated carbocycles. The van der Waals surface area contributed by atoms with Gasteiger partial charge in [-0.2, -0.15) is 0 Å². The molecule has 1 amide bonds. The summed E-state index contributed by atoms with van der Waals surface area (Å²) in [6.45, 7) is 2.06. The number of amides is 1. The Morgan fingerprint density at radius 3 is 2.73 bits per heavy atom. The fraction of sp³-hybridized carbons (Fsp3) is 0.375. The van der Waals surface area contributed by atoms with E-state index in [2.05, 4.69) is 20.7 Å². The van der Waals surface area contributed by atoms with Crippen LogP contribution >= 0.6 is 15.9 Å². The maximum Gasteiger partial charge on any atom is 0.414 e. The number of methoxy groups -OCH3 is 1. The Morgan fingerprint density at radius 2 is 2.05 bits per heavy atom. The standard InChI is InChI=1S/C16H18BrNO4/c1-3-22-16(20)18-13-7-5-4-6-11(13)10-12(17)14(18)8-9-15(19)21-2/h4-7,10,14H,3,8-9H2,1-2H3. The number of hydrogen-bond acceptors (Lipinski definition) is 4. The molecule has 118 valence electrons. The summed E-state index contributed by atoms with van der Waals surface area (Å²) in [4.78, 5) is 25.4. The summed E-state index contributed by atoms with van der Waals surface area (Å²) in [5.41, 5.74) is 1.70. The Bertz CT molecular complexity index is 600. The van der Waals surface area contributed by atoms with Crippen LogP contribution in [0.15, 0.2) is 28.7 Å². The molecule has 0 aromatic heterocycles. The highest BCUT2D eigenvalue weighted by atomic mass is 79.9. The smallest absolute Gasteiger partial charge is 0.414 e. The van der Waals surface area contributed by atoms with Gasteiger partial charge in [-0.1, -0.05) is 34.1 Å². The molecule has 1 aliphatic heterocycles. The van der Waals surface area contributed by atoms with Crippen LogP contribution < -0.4 is 4.90 Å². The van der Waals surface area contributed by atoms with Crippen molar-refractivity contribution in [2.75, 3.05) is 18.6 Å². The van der Waals surface area contributed by atoms with Crippen molar-refractivity contribution in [1.82, 2.24) is 0 Å². The predicted molar refractivity (Wildman–Crippen MR) is 87.9 cm³/mol. The SMILES string of the molecule is CCOC(=O)N1c2ccccc2C=C(Br)C1CCC(=O)OC. The molecule has 1 aromatic rings. The van der Waals surface area contributed by atoms with E-state index >= 15 is 0 Å². The maximum atomic E-state index is 12.4. The second kappa shape index (κ2) is 7.45. The summed E-state index contributed by atoms with van der Waals surface area (Å²) in [6, 6.07) is 7.30. The number of esters is 1. The number of carbonyl (C=O) groups excluding carboxylic acids is 2. The van der Waals surface area contributed by atoms with Gasteiger partial charge in [-0.05, 0) is 31.1 Å². The molecule has 2 rings (SSSR count). The van der Waals surface area contributed by atoms with E-state index in [1.807, 2.05) is 30.3 Å². The van der Waals surface area contributed by atoms with Gasteiger partial charge in [-0.25, -0.2) is 4.79 Å². The number of anilines is 1. The van der Waals surface area contributed by atoms with E-state index in [0.717, 1.165) is 15.7 Å². The zero-order valence-corrected chi connectivity index (χ0v) is 14.1. The quantitative estimate of drug-likeness (QED) is 0.761. The van der Waals surface area contributed by atoms with E-state index < -0.39 is 6.09 Å². The van der Waals surface area contributed by atoms with Crippen molar-refractivity contribution < 1.29 is 19.1 Å². The molecule has 0 radical (unpaired) electrons. The van der Waals surface area contributed by atoms with Gasteiger partial charge in [-0.3, -0.25) is 9.69 Å². The highest BCUT2D eigenvalue weighted by Crippen LogP contribution is 2.37. The molecule has 1 heterocycles. The Hall–Kier alpha value is -1.82. The van der Waals surface area contributed by atoms with Crippen LogP contribution in [-0.2, 0) is 14.3 Å². The van der Waals surface area contributed by atoms with Crippen LogP contribution in [-0.4, -0.2) is 31.8 Å². The second-order valence-electron chi connectivity index (χ2n) is 4.79. The predicted octanol–water partition coefficient (Wildman–Crippen LogP) is 3.72. The van der Waals surface area contributed by atoms with Gasteiger partial charge >= 0.3 is 12.1 Å².